The molecule has 5 nitrogen and oxygen atoms in total. The molecule has 2 aromatic rings. The fourth-order valence-electron chi connectivity index (χ4n) is 3.21. The molecule has 0 bridgehead atoms. The number of rotatable bonds is 3. The van der Waals surface area contributed by atoms with Crippen molar-refractivity contribution in [2.24, 2.45) is 5.73 Å². The molecule has 0 spiro atoms. The average molecular weight is 443 g/mol. The lowest BCUT2D eigenvalue weighted by atomic mass is 10.0. The summed E-state index contributed by atoms with van der Waals surface area (Å²) in [6.45, 7) is 3.49. The minimum Gasteiger partial charge on any atom is -0.399 e. The van der Waals surface area contributed by atoms with E-state index in [0.29, 0.717) is 29.2 Å². The Kier molecular flexibility index (Phi) is 5.94. The van der Waals surface area contributed by atoms with Gasteiger partial charge in [-0.05, 0) is 43.7 Å². The number of alkyl halides is 3. The molecule has 1 amide bonds. The van der Waals surface area contributed by atoms with Gasteiger partial charge in [-0.25, -0.2) is 9.37 Å². The number of aromatic nitrogens is 1. The molecular weight excluding hydrogens is 424 g/mol. The maximum absolute atomic E-state index is 13.4. The monoisotopic (exact) mass is 442 g/mol. The van der Waals surface area contributed by atoms with Gasteiger partial charge in [0.15, 0.2) is 0 Å². The van der Waals surface area contributed by atoms with Gasteiger partial charge in [-0.2, -0.15) is 13.2 Å². The number of aryl methyl sites for hydroxylation is 1. The lowest BCUT2D eigenvalue weighted by Crippen LogP contribution is -2.46. The minimum absolute atomic E-state index is 0.165. The third kappa shape index (κ3) is 4.51. The van der Waals surface area contributed by atoms with Crippen LogP contribution < -0.4 is 11.1 Å². The van der Waals surface area contributed by atoms with Gasteiger partial charge in [-0.3, -0.25) is 4.79 Å². The van der Waals surface area contributed by atoms with E-state index in [-0.39, 0.29) is 17.1 Å². The van der Waals surface area contributed by atoms with Crippen LogP contribution in [-0.4, -0.2) is 28.4 Å². The Morgan fingerprint density at radius 1 is 1.30 bits per heavy atom. The zero-order valence-corrected chi connectivity index (χ0v) is 16.9. The Balaban J connectivity index is 1.84. The highest BCUT2D eigenvalue weighted by molar-refractivity contribution is 6.31. The highest BCUT2D eigenvalue weighted by Crippen LogP contribution is 2.33. The summed E-state index contributed by atoms with van der Waals surface area (Å²) < 4.78 is 52.6. The summed E-state index contributed by atoms with van der Waals surface area (Å²) in [4.78, 5) is 18.2. The van der Waals surface area contributed by atoms with Crippen LogP contribution in [0.15, 0.2) is 41.9 Å². The van der Waals surface area contributed by atoms with Crippen molar-refractivity contribution in [3.63, 3.8) is 0 Å². The first-order valence-corrected chi connectivity index (χ1v) is 9.41. The van der Waals surface area contributed by atoms with Gasteiger partial charge in [-0.15, -0.1) is 0 Å². The van der Waals surface area contributed by atoms with Gasteiger partial charge in [0, 0.05) is 29.2 Å². The number of nitrogens with one attached hydrogen (secondary N) is 1. The van der Waals surface area contributed by atoms with Crippen LogP contribution in [0.4, 0.5) is 23.4 Å². The Labute approximate surface area is 175 Å². The van der Waals surface area contributed by atoms with Crippen molar-refractivity contribution >= 4 is 23.3 Å². The number of hydrogen-bond donors (Lipinski definition) is 2. The van der Waals surface area contributed by atoms with Crippen LogP contribution in [0.1, 0.15) is 34.8 Å². The van der Waals surface area contributed by atoms with Crippen molar-refractivity contribution in [1.82, 2.24) is 9.88 Å². The molecule has 1 aliphatic rings. The standard InChI is InChI=1S/C20H19ClF4N4O/c1-10-5-17(27-9-15(10)22)28-16-3-4-29(11(2)18(16)26)19(30)12-6-13(20(23,24)25)8-14(21)7-12/h5-9,11H,3-4,26H2,1-2H3,(H,27,28). The number of nitrogens with two attached hydrogens (primary N) is 1. The smallest absolute Gasteiger partial charge is 0.399 e. The molecule has 160 valence electrons. The molecule has 0 aliphatic carbocycles. The highest BCUT2D eigenvalue weighted by Gasteiger charge is 2.34. The van der Waals surface area contributed by atoms with E-state index in [1.807, 2.05) is 0 Å². The number of amides is 1. The Morgan fingerprint density at radius 2 is 2.00 bits per heavy atom. The summed E-state index contributed by atoms with van der Waals surface area (Å²) in [6.07, 6.45) is -3.20. The number of benzene rings is 1. The Morgan fingerprint density at radius 3 is 2.63 bits per heavy atom. The van der Waals surface area contributed by atoms with Crippen LogP contribution >= 0.6 is 11.6 Å². The number of anilines is 1. The van der Waals surface area contributed by atoms with E-state index in [9.17, 15) is 22.4 Å². The molecule has 0 radical (unpaired) electrons. The molecule has 3 N–H and O–H groups in total. The maximum atomic E-state index is 13.4. The van der Waals surface area contributed by atoms with Gasteiger partial charge in [0.05, 0.1) is 23.5 Å². The van der Waals surface area contributed by atoms with Gasteiger partial charge in [0.2, 0.25) is 0 Å². The number of halogens is 5. The van der Waals surface area contributed by atoms with Crippen LogP contribution in [0.2, 0.25) is 5.02 Å². The third-order valence-corrected chi connectivity index (χ3v) is 5.15. The summed E-state index contributed by atoms with van der Waals surface area (Å²) in [6, 6.07) is 3.70. The molecule has 0 saturated carbocycles. The van der Waals surface area contributed by atoms with E-state index in [4.69, 9.17) is 17.3 Å². The predicted octanol–water partition coefficient (Wildman–Crippen LogP) is 4.72. The number of pyridine rings is 1. The molecule has 1 aromatic heterocycles. The zero-order chi connectivity index (χ0) is 22.2. The van der Waals surface area contributed by atoms with Crippen molar-refractivity contribution in [2.45, 2.75) is 32.5 Å². The van der Waals surface area contributed by atoms with E-state index < -0.39 is 29.5 Å². The van der Waals surface area contributed by atoms with Crippen LogP contribution in [0.25, 0.3) is 0 Å². The van der Waals surface area contributed by atoms with E-state index in [2.05, 4.69) is 10.3 Å². The quantitative estimate of drug-likeness (QED) is 0.675. The molecule has 0 saturated heterocycles. The van der Waals surface area contributed by atoms with E-state index in [1.54, 1.807) is 13.8 Å². The average Bonchev–Trinajstić information content (AvgIpc) is 2.67. The summed E-state index contributed by atoms with van der Waals surface area (Å²) >= 11 is 5.79. The van der Waals surface area contributed by atoms with Crippen LogP contribution in [-0.2, 0) is 6.18 Å². The number of carbonyl (C=O) groups is 1. The first-order valence-electron chi connectivity index (χ1n) is 9.04. The number of hydrogen-bond acceptors (Lipinski definition) is 4. The van der Waals surface area contributed by atoms with Crippen LogP contribution in [0.5, 0.6) is 0 Å². The molecular formula is C20H19ClF4N4O. The van der Waals surface area contributed by atoms with Crippen molar-refractivity contribution in [3.8, 4) is 0 Å². The first kappa shape index (κ1) is 21.9. The largest absolute Gasteiger partial charge is 0.416 e. The molecule has 10 heteroatoms. The van der Waals surface area contributed by atoms with Gasteiger partial charge in [0.25, 0.3) is 5.91 Å². The molecule has 1 unspecified atom stereocenters. The summed E-state index contributed by atoms with van der Waals surface area (Å²) in [5.41, 5.74) is 6.40. The molecule has 1 aromatic carbocycles. The summed E-state index contributed by atoms with van der Waals surface area (Å²) in [5, 5.41) is 2.86. The van der Waals surface area contributed by atoms with Gasteiger partial charge in [-0.1, -0.05) is 11.6 Å². The SMILES string of the molecule is Cc1cc(NC2=C(N)C(C)N(C(=O)c3cc(Cl)cc(C(F)(F)F)c3)CC2)ncc1F. The second-order valence-corrected chi connectivity index (χ2v) is 7.46. The molecule has 1 aliphatic heterocycles. The van der Waals surface area contributed by atoms with E-state index >= 15 is 0 Å². The van der Waals surface area contributed by atoms with Crippen molar-refractivity contribution < 1.29 is 22.4 Å². The van der Waals surface area contributed by atoms with Crippen molar-refractivity contribution in [1.29, 1.82) is 0 Å². The maximum Gasteiger partial charge on any atom is 0.416 e. The lowest BCUT2D eigenvalue weighted by Gasteiger charge is -2.35. The van der Waals surface area contributed by atoms with Gasteiger partial charge >= 0.3 is 6.18 Å². The summed E-state index contributed by atoms with van der Waals surface area (Å²) in [7, 11) is 0. The second kappa shape index (κ2) is 8.14. The molecule has 30 heavy (non-hydrogen) atoms. The molecule has 3 rings (SSSR count). The van der Waals surface area contributed by atoms with E-state index in [1.165, 1.54) is 17.0 Å². The fourth-order valence-corrected chi connectivity index (χ4v) is 3.44. The fraction of sp³-hybridized carbons (Fsp3) is 0.300. The van der Waals surface area contributed by atoms with Crippen LogP contribution in [0, 0.1) is 12.7 Å². The highest BCUT2D eigenvalue weighted by atomic mass is 35.5. The van der Waals surface area contributed by atoms with Crippen molar-refractivity contribution in [3.05, 3.63) is 69.4 Å². The predicted molar refractivity (Wildman–Crippen MR) is 105 cm³/mol. The summed E-state index contributed by atoms with van der Waals surface area (Å²) in [5.74, 6) is -0.632. The van der Waals surface area contributed by atoms with Gasteiger partial charge in [0.1, 0.15) is 11.6 Å². The number of carbonyl (C=O) groups excluding carboxylic acids is 1. The first-order chi connectivity index (χ1) is 14.0. The Bertz CT molecular complexity index is 1020. The number of nitrogens with zero attached hydrogens (tertiary/aromatic N) is 2. The topological polar surface area (TPSA) is 71.2 Å². The lowest BCUT2D eigenvalue weighted by molar-refractivity contribution is -0.137. The Hall–Kier alpha value is -2.81. The van der Waals surface area contributed by atoms with Crippen molar-refractivity contribution in [2.75, 3.05) is 11.9 Å². The molecule has 1 atom stereocenters. The van der Waals surface area contributed by atoms with Gasteiger partial charge < -0.3 is 16.0 Å². The minimum atomic E-state index is -4.62. The second-order valence-electron chi connectivity index (χ2n) is 7.03. The molecule has 2 heterocycles. The van der Waals surface area contributed by atoms with E-state index in [0.717, 1.165) is 18.3 Å². The normalized spacial score (nSPS) is 17.3. The third-order valence-electron chi connectivity index (χ3n) is 4.93. The van der Waals surface area contributed by atoms with Crippen LogP contribution in [0.3, 0.4) is 0 Å². The molecule has 0 fully saturated rings. The zero-order valence-electron chi connectivity index (χ0n) is 16.1.